The van der Waals surface area contributed by atoms with Gasteiger partial charge < -0.3 is 20.1 Å². The molecule has 55 heavy (non-hydrogen) atoms. The summed E-state index contributed by atoms with van der Waals surface area (Å²) in [5.41, 5.74) is 0.177. The molecule has 294 valence electrons. The van der Waals surface area contributed by atoms with Gasteiger partial charge in [0, 0.05) is 49.8 Å². The number of piperazine rings is 1. The largest absolute Gasteiger partial charge is 0.573 e. The number of alkyl halides is 3. The molecule has 0 bridgehead atoms. The summed E-state index contributed by atoms with van der Waals surface area (Å²) in [6.45, 7) is 2.01. The average molecular weight is 797 g/mol. The Balaban J connectivity index is 1.44. The Hall–Kier alpha value is -5.07. The zero-order chi connectivity index (χ0) is 40.1. The Morgan fingerprint density at radius 3 is 2.20 bits per heavy atom. The number of methoxy groups -OCH3 is 1. The van der Waals surface area contributed by atoms with Crippen molar-refractivity contribution in [3.8, 4) is 5.75 Å². The second-order valence-electron chi connectivity index (χ2n) is 12.8. The maximum Gasteiger partial charge on any atom is 0.573 e. The van der Waals surface area contributed by atoms with Crippen molar-refractivity contribution in [2.75, 3.05) is 20.2 Å². The monoisotopic (exact) mass is 796 g/mol. The van der Waals surface area contributed by atoms with Gasteiger partial charge in [-0.3, -0.25) is 9.78 Å². The number of sulfonamides is 1. The van der Waals surface area contributed by atoms with Gasteiger partial charge in [-0.2, -0.15) is 4.31 Å². The Bertz CT molecular complexity index is 2080. The fourth-order valence-corrected chi connectivity index (χ4v) is 8.52. The van der Waals surface area contributed by atoms with Crippen molar-refractivity contribution >= 4 is 21.9 Å². The summed E-state index contributed by atoms with van der Waals surface area (Å²) >= 11 is 0. The molecule has 18 heteroatoms. The molecule has 0 spiro atoms. The molecule has 3 aromatic carbocycles. The van der Waals surface area contributed by atoms with Crippen LogP contribution in [0.1, 0.15) is 41.5 Å². The summed E-state index contributed by atoms with van der Waals surface area (Å²) in [6, 6.07) is 7.95. The van der Waals surface area contributed by atoms with Gasteiger partial charge in [-0.25, -0.2) is 30.8 Å². The molecular weight excluding hydrogens is 761 g/mol. The maximum atomic E-state index is 15.5. The number of amides is 1. The van der Waals surface area contributed by atoms with Crippen LogP contribution in [0.5, 0.6) is 5.75 Å². The van der Waals surface area contributed by atoms with Crippen LogP contribution in [-0.4, -0.2) is 74.3 Å². The van der Waals surface area contributed by atoms with E-state index in [0.717, 1.165) is 61.8 Å². The number of nitrogens with zero attached hydrogens (tertiary/aromatic N) is 2. The van der Waals surface area contributed by atoms with Crippen molar-refractivity contribution < 1.29 is 58.2 Å². The minimum absolute atomic E-state index is 0.000438. The van der Waals surface area contributed by atoms with Crippen LogP contribution >= 0.6 is 0 Å². The SMILES string of the molecule is COC(=O)N[C@H](C(=O)Cc1cncc(F)c1CC[C@H]1CNC[C@@H](C)N1S(=O)(=O)c1ccc(OC(F)(F)F)cc1)[C@@H](c1ccc(F)cc1)c1cc(F)cc(F)c1. The van der Waals surface area contributed by atoms with E-state index >= 15 is 4.39 Å². The Kier molecular flexibility index (Phi) is 12.8. The van der Waals surface area contributed by atoms with Gasteiger partial charge in [0.05, 0.1) is 18.2 Å². The van der Waals surface area contributed by atoms with E-state index in [-0.39, 0.29) is 53.1 Å². The fraction of sp³-hybridized carbons (Fsp3) is 0.324. The molecular formula is C37H35F7N4O6S. The van der Waals surface area contributed by atoms with Crippen LogP contribution in [-0.2, 0) is 32.4 Å². The number of nitrogens with one attached hydrogen (secondary N) is 2. The molecule has 1 aliphatic rings. The minimum atomic E-state index is -4.98. The van der Waals surface area contributed by atoms with E-state index in [1.54, 1.807) is 6.92 Å². The van der Waals surface area contributed by atoms with Gasteiger partial charge in [0.2, 0.25) is 10.0 Å². The zero-order valence-electron chi connectivity index (χ0n) is 29.2. The number of halogens is 7. The standard InChI is InChI=1S/C37H35F7N4O6S/c1-21-17-45-19-28(48(21)55(51,52)30-10-8-29(9-11-30)54-37(42,43)44)7-12-31-24(18-46-20-32(31)41)15-33(49)35(47-36(50)53-2)34(22-3-5-25(38)6-4-22)23-13-26(39)16-27(40)14-23/h3-6,8-11,13-14,16,18,20-21,28,34-35,45H,7,12,15,17,19H2,1-2H3,(H,47,50)/t21-,28+,34+,35-/m1/s1. The quantitative estimate of drug-likeness (QED) is 0.154. The topological polar surface area (TPSA) is 127 Å². The van der Waals surface area contributed by atoms with Crippen molar-refractivity contribution in [3.05, 3.63) is 125 Å². The third kappa shape index (κ3) is 10.2. The number of rotatable bonds is 13. The van der Waals surface area contributed by atoms with Crippen molar-refractivity contribution in [2.24, 2.45) is 0 Å². The van der Waals surface area contributed by atoms with E-state index in [0.29, 0.717) is 6.07 Å². The summed E-state index contributed by atoms with van der Waals surface area (Å²) < 4.78 is 134. The molecule has 1 fully saturated rings. The van der Waals surface area contributed by atoms with E-state index in [2.05, 4.69) is 20.4 Å². The normalized spacial score (nSPS) is 17.6. The van der Waals surface area contributed by atoms with Crippen molar-refractivity contribution in [1.29, 1.82) is 0 Å². The summed E-state index contributed by atoms with van der Waals surface area (Å²) in [4.78, 5) is 30.3. The van der Waals surface area contributed by atoms with Crippen LogP contribution in [0.25, 0.3) is 0 Å². The predicted molar refractivity (Wildman–Crippen MR) is 183 cm³/mol. The van der Waals surface area contributed by atoms with Crippen LogP contribution in [0.15, 0.2) is 84.0 Å². The van der Waals surface area contributed by atoms with Crippen LogP contribution in [0.3, 0.4) is 0 Å². The molecule has 2 N–H and O–H groups in total. The number of alkyl carbamates (subject to hydrolysis) is 1. The lowest BCUT2D eigenvalue weighted by Crippen LogP contribution is -2.58. The molecule has 0 saturated carbocycles. The van der Waals surface area contributed by atoms with Crippen LogP contribution in [0.4, 0.5) is 35.5 Å². The highest BCUT2D eigenvalue weighted by atomic mass is 32.2. The van der Waals surface area contributed by atoms with E-state index in [9.17, 15) is 44.3 Å². The fourth-order valence-electron chi connectivity index (χ4n) is 6.68. The summed E-state index contributed by atoms with van der Waals surface area (Å²) in [5.74, 6) is -6.11. The molecule has 0 radical (unpaired) electrons. The maximum absolute atomic E-state index is 15.5. The van der Waals surface area contributed by atoms with E-state index < -0.39 is 87.7 Å². The first-order chi connectivity index (χ1) is 26.0. The number of carbonyl (C=O) groups excluding carboxylic acids is 2. The second kappa shape index (κ2) is 17.2. The first kappa shape index (κ1) is 41.1. The van der Waals surface area contributed by atoms with Crippen LogP contribution in [0, 0.1) is 23.3 Å². The van der Waals surface area contributed by atoms with Crippen LogP contribution < -0.4 is 15.4 Å². The highest BCUT2D eigenvalue weighted by Gasteiger charge is 2.39. The molecule has 1 aromatic heterocycles. The number of Topliss-reactive ketones (excluding diaryl/α,β-unsaturated/α-hetero) is 1. The number of benzene rings is 3. The third-order valence-corrected chi connectivity index (χ3v) is 11.1. The minimum Gasteiger partial charge on any atom is -0.453 e. The number of hydrogen-bond donors (Lipinski definition) is 2. The Labute approximate surface area is 311 Å². The molecule has 4 aromatic rings. The number of carbonyl (C=O) groups is 2. The predicted octanol–water partition coefficient (Wildman–Crippen LogP) is 6.19. The molecule has 1 saturated heterocycles. The van der Waals surface area contributed by atoms with Gasteiger partial charge in [0.25, 0.3) is 0 Å². The van der Waals surface area contributed by atoms with E-state index in [4.69, 9.17) is 4.74 Å². The zero-order valence-corrected chi connectivity index (χ0v) is 30.1. The van der Waals surface area contributed by atoms with Gasteiger partial charge >= 0.3 is 12.5 Å². The molecule has 1 amide bonds. The lowest BCUT2D eigenvalue weighted by Gasteiger charge is -2.40. The number of pyridine rings is 1. The molecule has 4 atom stereocenters. The molecule has 10 nitrogen and oxygen atoms in total. The smallest absolute Gasteiger partial charge is 0.453 e. The van der Waals surface area contributed by atoms with Gasteiger partial charge in [0.15, 0.2) is 5.78 Å². The van der Waals surface area contributed by atoms with Crippen molar-refractivity contribution in [3.63, 3.8) is 0 Å². The lowest BCUT2D eigenvalue weighted by molar-refractivity contribution is -0.274. The highest BCUT2D eigenvalue weighted by molar-refractivity contribution is 7.89. The van der Waals surface area contributed by atoms with Crippen LogP contribution in [0.2, 0.25) is 0 Å². The molecule has 1 aliphatic heterocycles. The first-order valence-corrected chi connectivity index (χ1v) is 18.2. The molecule has 0 unspecified atom stereocenters. The number of ketones is 1. The summed E-state index contributed by atoms with van der Waals surface area (Å²) in [6.07, 6.45) is -4.61. The summed E-state index contributed by atoms with van der Waals surface area (Å²) in [7, 11) is -3.26. The molecule has 2 heterocycles. The average Bonchev–Trinajstić information content (AvgIpc) is 3.10. The molecule has 5 rings (SSSR count). The first-order valence-electron chi connectivity index (χ1n) is 16.8. The lowest BCUT2D eigenvalue weighted by atomic mass is 9.81. The van der Waals surface area contributed by atoms with Gasteiger partial charge in [-0.15, -0.1) is 13.2 Å². The molecule has 0 aliphatic carbocycles. The Morgan fingerprint density at radius 1 is 0.927 bits per heavy atom. The van der Waals surface area contributed by atoms with Crippen molar-refractivity contribution in [1.82, 2.24) is 19.9 Å². The summed E-state index contributed by atoms with van der Waals surface area (Å²) in [5, 5.41) is 5.53. The van der Waals surface area contributed by atoms with E-state index in [1.165, 1.54) is 22.6 Å². The third-order valence-electron chi connectivity index (χ3n) is 9.05. The van der Waals surface area contributed by atoms with Crippen molar-refractivity contribution in [2.45, 2.75) is 61.5 Å². The van der Waals surface area contributed by atoms with Gasteiger partial charge in [-0.1, -0.05) is 12.1 Å². The number of aromatic nitrogens is 1. The number of hydrogen-bond acceptors (Lipinski definition) is 8. The number of ether oxygens (including phenoxy) is 2. The highest BCUT2D eigenvalue weighted by Crippen LogP contribution is 2.33. The second-order valence-corrected chi connectivity index (χ2v) is 14.6. The Morgan fingerprint density at radius 2 is 1.58 bits per heavy atom. The van der Waals surface area contributed by atoms with Gasteiger partial charge in [-0.05, 0) is 90.6 Å². The van der Waals surface area contributed by atoms with E-state index in [1.807, 2.05) is 0 Å². The van der Waals surface area contributed by atoms with Gasteiger partial charge in [0.1, 0.15) is 35.1 Å².